The van der Waals surface area contributed by atoms with Gasteiger partial charge < -0.3 is 5.73 Å². The normalized spacial score (nSPS) is 20.1. The summed E-state index contributed by atoms with van der Waals surface area (Å²) in [5, 5.41) is 0. The van der Waals surface area contributed by atoms with Crippen molar-refractivity contribution in [2.45, 2.75) is 30.8 Å². The number of hydrogen-bond donors (Lipinski definition) is 1. The highest BCUT2D eigenvalue weighted by atomic mass is 32.2. The van der Waals surface area contributed by atoms with E-state index in [0.717, 1.165) is 29.1 Å². The predicted molar refractivity (Wildman–Crippen MR) is 79.7 cm³/mol. The standard InChI is InChI=1S/C13H20N2O2S2/c1-10-11(8-14)4-3-5-13(10)19(16,17)15(2)12-6-7-18-9-12/h3-5,12H,6-9,14H2,1-2H3. The number of nitrogens with two attached hydrogens (primary N) is 1. The van der Waals surface area contributed by atoms with E-state index in [1.54, 1.807) is 19.2 Å². The molecule has 0 aromatic heterocycles. The minimum absolute atomic E-state index is 0.107. The van der Waals surface area contributed by atoms with Crippen LogP contribution in [-0.4, -0.2) is 37.3 Å². The molecule has 0 saturated carbocycles. The number of nitrogens with zero attached hydrogens (tertiary/aromatic N) is 1. The molecule has 0 aliphatic carbocycles. The highest BCUT2D eigenvalue weighted by molar-refractivity contribution is 7.99. The molecule has 1 aromatic rings. The first kappa shape index (κ1) is 14.8. The third kappa shape index (κ3) is 2.81. The Bertz CT molecular complexity index is 552. The summed E-state index contributed by atoms with van der Waals surface area (Å²) >= 11 is 1.81. The molecule has 1 aliphatic heterocycles. The summed E-state index contributed by atoms with van der Waals surface area (Å²) in [6, 6.07) is 5.41. The molecule has 0 bridgehead atoms. The van der Waals surface area contributed by atoms with Gasteiger partial charge in [-0.3, -0.25) is 0 Å². The average Bonchev–Trinajstić information content (AvgIpc) is 2.91. The fourth-order valence-electron chi connectivity index (χ4n) is 2.32. The summed E-state index contributed by atoms with van der Waals surface area (Å²) < 4.78 is 26.9. The van der Waals surface area contributed by atoms with Crippen LogP contribution in [0.4, 0.5) is 0 Å². The third-order valence-electron chi connectivity index (χ3n) is 3.69. The molecule has 0 radical (unpaired) electrons. The fourth-order valence-corrected chi connectivity index (χ4v) is 5.33. The summed E-state index contributed by atoms with van der Waals surface area (Å²) in [4.78, 5) is 0.384. The average molecular weight is 300 g/mol. The number of thioether (sulfide) groups is 1. The molecule has 1 unspecified atom stereocenters. The summed E-state index contributed by atoms with van der Waals surface area (Å²) in [6.07, 6.45) is 0.927. The van der Waals surface area contributed by atoms with Crippen molar-refractivity contribution in [3.63, 3.8) is 0 Å². The van der Waals surface area contributed by atoms with Crippen molar-refractivity contribution in [2.24, 2.45) is 5.73 Å². The van der Waals surface area contributed by atoms with Gasteiger partial charge in [-0.2, -0.15) is 16.1 Å². The Hall–Kier alpha value is -0.560. The van der Waals surface area contributed by atoms with Gasteiger partial charge >= 0.3 is 0 Å². The monoisotopic (exact) mass is 300 g/mol. The van der Waals surface area contributed by atoms with Crippen LogP contribution < -0.4 is 5.73 Å². The maximum atomic E-state index is 12.7. The predicted octanol–water partition coefficient (Wildman–Crippen LogP) is 1.58. The van der Waals surface area contributed by atoms with Gasteiger partial charge in [-0.05, 0) is 36.3 Å². The zero-order chi connectivity index (χ0) is 14.0. The molecule has 1 atom stereocenters. The molecule has 4 nitrogen and oxygen atoms in total. The van der Waals surface area contributed by atoms with Crippen molar-refractivity contribution in [1.82, 2.24) is 4.31 Å². The van der Waals surface area contributed by atoms with Crippen molar-refractivity contribution in [1.29, 1.82) is 0 Å². The zero-order valence-corrected chi connectivity index (χ0v) is 12.9. The van der Waals surface area contributed by atoms with Crippen LogP contribution in [0.1, 0.15) is 17.5 Å². The van der Waals surface area contributed by atoms with Crippen LogP contribution in [0.2, 0.25) is 0 Å². The van der Waals surface area contributed by atoms with E-state index in [4.69, 9.17) is 5.73 Å². The van der Waals surface area contributed by atoms with Gasteiger partial charge in [-0.25, -0.2) is 8.42 Å². The minimum Gasteiger partial charge on any atom is -0.326 e. The Morgan fingerprint density at radius 2 is 2.21 bits per heavy atom. The van der Waals surface area contributed by atoms with Gasteiger partial charge in [0.25, 0.3) is 0 Å². The van der Waals surface area contributed by atoms with Gasteiger partial charge in [0.2, 0.25) is 10.0 Å². The van der Waals surface area contributed by atoms with Crippen molar-refractivity contribution in [3.8, 4) is 0 Å². The van der Waals surface area contributed by atoms with Gasteiger partial charge in [-0.15, -0.1) is 0 Å². The molecule has 1 aromatic carbocycles. The first-order valence-corrected chi connectivity index (χ1v) is 8.92. The molecule has 2 N–H and O–H groups in total. The second kappa shape index (κ2) is 5.83. The third-order valence-corrected chi connectivity index (χ3v) is 6.89. The Balaban J connectivity index is 2.39. The number of hydrogen-bond acceptors (Lipinski definition) is 4. The summed E-state index contributed by atoms with van der Waals surface area (Å²) in [5.41, 5.74) is 7.30. The molecule has 0 spiro atoms. The molecular weight excluding hydrogens is 280 g/mol. The van der Waals surface area contributed by atoms with Crippen molar-refractivity contribution >= 4 is 21.8 Å². The quantitative estimate of drug-likeness (QED) is 0.917. The molecule has 1 aliphatic rings. The van der Waals surface area contributed by atoms with Gasteiger partial charge in [0.15, 0.2) is 0 Å². The minimum atomic E-state index is -3.42. The van der Waals surface area contributed by atoms with E-state index in [2.05, 4.69) is 0 Å². The van der Waals surface area contributed by atoms with Crippen LogP contribution in [0.25, 0.3) is 0 Å². The van der Waals surface area contributed by atoms with E-state index < -0.39 is 10.0 Å². The summed E-state index contributed by atoms with van der Waals surface area (Å²) in [5.74, 6) is 1.91. The number of rotatable bonds is 4. The molecular formula is C13H20N2O2S2. The Morgan fingerprint density at radius 3 is 2.79 bits per heavy atom. The van der Waals surface area contributed by atoms with E-state index >= 15 is 0 Å². The molecule has 106 valence electrons. The van der Waals surface area contributed by atoms with E-state index in [9.17, 15) is 8.42 Å². The van der Waals surface area contributed by atoms with Crippen LogP contribution in [0.15, 0.2) is 23.1 Å². The molecule has 2 rings (SSSR count). The van der Waals surface area contributed by atoms with Crippen LogP contribution in [0.5, 0.6) is 0 Å². The molecule has 19 heavy (non-hydrogen) atoms. The lowest BCUT2D eigenvalue weighted by atomic mass is 10.1. The number of benzene rings is 1. The second-order valence-electron chi connectivity index (χ2n) is 4.78. The first-order valence-electron chi connectivity index (χ1n) is 6.33. The van der Waals surface area contributed by atoms with Crippen LogP contribution in [-0.2, 0) is 16.6 Å². The second-order valence-corrected chi connectivity index (χ2v) is 7.90. The van der Waals surface area contributed by atoms with Crippen molar-refractivity contribution in [3.05, 3.63) is 29.3 Å². The Kier molecular flexibility index (Phi) is 4.55. The number of sulfonamides is 1. The van der Waals surface area contributed by atoms with Crippen LogP contribution >= 0.6 is 11.8 Å². The molecule has 6 heteroatoms. The van der Waals surface area contributed by atoms with Crippen LogP contribution in [0, 0.1) is 6.92 Å². The highest BCUT2D eigenvalue weighted by Gasteiger charge is 2.31. The molecule has 1 heterocycles. The smallest absolute Gasteiger partial charge is 0.243 e. The van der Waals surface area contributed by atoms with Gasteiger partial charge in [0.1, 0.15) is 0 Å². The van der Waals surface area contributed by atoms with E-state index in [0.29, 0.717) is 11.4 Å². The lowest BCUT2D eigenvalue weighted by molar-refractivity contribution is 0.394. The van der Waals surface area contributed by atoms with E-state index in [-0.39, 0.29) is 6.04 Å². The first-order chi connectivity index (χ1) is 8.98. The van der Waals surface area contributed by atoms with Crippen molar-refractivity contribution < 1.29 is 8.42 Å². The van der Waals surface area contributed by atoms with Crippen LogP contribution in [0.3, 0.4) is 0 Å². The highest BCUT2D eigenvalue weighted by Crippen LogP contribution is 2.28. The van der Waals surface area contributed by atoms with E-state index in [1.165, 1.54) is 4.31 Å². The van der Waals surface area contributed by atoms with Gasteiger partial charge in [0, 0.05) is 25.4 Å². The van der Waals surface area contributed by atoms with Crippen molar-refractivity contribution in [2.75, 3.05) is 18.6 Å². The fraction of sp³-hybridized carbons (Fsp3) is 0.538. The molecule has 1 fully saturated rings. The lowest BCUT2D eigenvalue weighted by Gasteiger charge is -2.24. The Morgan fingerprint density at radius 1 is 1.47 bits per heavy atom. The maximum absolute atomic E-state index is 12.7. The van der Waals surface area contributed by atoms with Gasteiger partial charge in [0.05, 0.1) is 4.90 Å². The Labute approximate surface area is 119 Å². The SMILES string of the molecule is Cc1c(CN)cccc1S(=O)(=O)N(C)C1CCSC1. The maximum Gasteiger partial charge on any atom is 0.243 e. The van der Waals surface area contributed by atoms with Gasteiger partial charge in [-0.1, -0.05) is 12.1 Å². The summed E-state index contributed by atoms with van der Waals surface area (Å²) in [7, 11) is -1.74. The topological polar surface area (TPSA) is 63.4 Å². The molecule has 0 amide bonds. The lowest BCUT2D eigenvalue weighted by Crippen LogP contribution is -2.37. The summed E-state index contributed by atoms with van der Waals surface area (Å²) in [6.45, 7) is 2.19. The van der Waals surface area contributed by atoms with E-state index in [1.807, 2.05) is 24.8 Å². The molecule has 1 saturated heterocycles. The zero-order valence-electron chi connectivity index (χ0n) is 11.3. The largest absolute Gasteiger partial charge is 0.326 e.